The van der Waals surface area contributed by atoms with E-state index >= 15 is 0 Å². The minimum absolute atomic E-state index is 0.161. The van der Waals surface area contributed by atoms with Crippen molar-refractivity contribution >= 4 is 5.91 Å². The fraction of sp³-hybridized carbons (Fsp3) is 0.909. The van der Waals surface area contributed by atoms with Gasteiger partial charge in [-0.25, -0.2) is 0 Å². The van der Waals surface area contributed by atoms with Gasteiger partial charge in [0, 0.05) is 20.1 Å². The van der Waals surface area contributed by atoms with Crippen molar-refractivity contribution in [1.82, 2.24) is 10.2 Å². The van der Waals surface area contributed by atoms with E-state index in [-0.39, 0.29) is 19.5 Å². The third kappa shape index (κ3) is 2.73. The molecule has 1 unspecified atom stereocenters. The van der Waals surface area contributed by atoms with Gasteiger partial charge in [-0.05, 0) is 19.4 Å². The van der Waals surface area contributed by atoms with E-state index in [0.29, 0.717) is 6.54 Å². The van der Waals surface area contributed by atoms with Gasteiger partial charge in [0.25, 0.3) is 0 Å². The molecule has 1 atom stereocenters. The van der Waals surface area contributed by atoms with Crippen molar-refractivity contribution in [3.63, 3.8) is 0 Å². The molecule has 1 rings (SSSR count). The minimum atomic E-state index is -4.48. The zero-order valence-corrected chi connectivity index (χ0v) is 10.2. The fourth-order valence-corrected chi connectivity index (χ4v) is 2.10. The molecular weight excluding hydrogens is 233 g/mol. The Morgan fingerprint density at radius 2 is 2.12 bits per heavy atom. The summed E-state index contributed by atoms with van der Waals surface area (Å²) >= 11 is 0. The maximum atomic E-state index is 13.1. The Kier molecular flexibility index (Phi) is 4.41. The van der Waals surface area contributed by atoms with E-state index in [1.165, 1.54) is 11.9 Å². The van der Waals surface area contributed by atoms with E-state index in [1.807, 2.05) is 6.92 Å². The topological polar surface area (TPSA) is 32.3 Å². The molecule has 1 heterocycles. The summed E-state index contributed by atoms with van der Waals surface area (Å²) in [5, 5.41) is 2.64. The molecule has 1 aliphatic heterocycles. The minimum Gasteiger partial charge on any atom is -0.345 e. The number of rotatable bonds is 4. The SMILES string of the molecule is CCCCN(C)C(=O)C1(C(F)(F)F)CCNC1. The summed E-state index contributed by atoms with van der Waals surface area (Å²) in [4.78, 5) is 13.2. The highest BCUT2D eigenvalue weighted by Crippen LogP contribution is 2.44. The average molecular weight is 252 g/mol. The summed E-state index contributed by atoms with van der Waals surface area (Å²) in [7, 11) is 1.45. The number of alkyl halides is 3. The Hall–Kier alpha value is -0.780. The van der Waals surface area contributed by atoms with Crippen LogP contribution in [0.25, 0.3) is 0 Å². The first-order chi connectivity index (χ1) is 7.85. The van der Waals surface area contributed by atoms with E-state index in [9.17, 15) is 18.0 Å². The Morgan fingerprint density at radius 1 is 1.47 bits per heavy atom. The summed E-state index contributed by atoms with van der Waals surface area (Å²) in [6.45, 7) is 2.26. The first-order valence-electron chi connectivity index (χ1n) is 5.88. The maximum absolute atomic E-state index is 13.1. The predicted octanol–water partition coefficient (Wildman–Crippen LogP) is 1.79. The van der Waals surface area contributed by atoms with Crippen LogP contribution < -0.4 is 5.32 Å². The van der Waals surface area contributed by atoms with Crippen LogP contribution in [0.2, 0.25) is 0 Å². The number of unbranched alkanes of at least 4 members (excludes halogenated alkanes) is 1. The van der Waals surface area contributed by atoms with Crippen LogP contribution in [0.5, 0.6) is 0 Å². The Morgan fingerprint density at radius 3 is 2.53 bits per heavy atom. The van der Waals surface area contributed by atoms with Crippen LogP contribution in [0.1, 0.15) is 26.2 Å². The van der Waals surface area contributed by atoms with Crippen LogP contribution in [0.3, 0.4) is 0 Å². The molecule has 0 aromatic rings. The molecule has 1 N–H and O–H groups in total. The summed E-state index contributed by atoms with van der Waals surface area (Å²) in [5.74, 6) is -0.802. The molecule has 1 amide bonds. The summed E-state index contributed by atoms with van der Waals surface area (Å²) in [6, 6.07) is 0. The number of amides is 1. The highest BCUT2D eigenvalue weighted by atomic mass is 19.4. The van der Waals surface area contributed by atoms with Gasteiger partial charge in [0.05, 0.1) is 0 Å². The molecule has 0 aromatic carbocycles. The van der Waals surface area contributed by atoms with Crippen LogP contribution in [-0.2, 0) is 4.79 Å². The normalized spacial score (nSPS) is 25.0. The van der Waals surface area contributed by atoms with Gasteiger partial charge in [-0.3, -0.25) is 4.79 Å². The first-order valence-corrected chi connectivity index (χ1v) is 5.88. The second-order valence-corrected chi connectivity index (χ2v) is 4.59. The van der Waals surface area contributed by atoms with Crippen molar-refractivity contribution in [1.29, 1.82) is 0 Å². The van der Waals surface area contributed by atoms with E-state index in [4.69, 9.17) is 0 Å². The number of carbonyl (C=O) groups is 1. The van der Waals surface area contributed by atoms with Gasteiger partial charge < -0.3 is 10.2 Å². The van der Waals surface area contributed by atoms with Gasteiger partial charge in [-0.2, -0.15) is 13.2 Å². The Bertz CT molecular complexity index is 272. The quantitative estimate of drug-likeness (QED) is 0.827. The number of halogens is 3. The summed E-state index contributed by atoms with van der Waals surface area (Å²) in [6.07, 6.45) is -3.06. The van der Waals surface area contributed by atoms with Crippen LogP contribution in [-0.4, -0.2) is 43.7 Å². The molecule has 100 valence electrons. The number of hydrogen-bond acceptors (Lipinski definition) is 2. The van der Waals surface area contributed by atoms with Crippen LogP contribution in [0.15, 0.2) is 0 Å². The lowest BCUT2D eigenvalue weighted by molar-refractivity contribution is -0.221. The molecule has 6 heteroatoms. The lowest BCUT2D eigenvalue weighted by Gasteiger charge is -2.33. The number of hydrogen-bond donors (Lipinski definition) is 1. The van der Waals surface area contributed by atoms with E-state index in [0.717, 1.165) is 12.8 Å². The van der Waals surface area contributed by atoms with Crippen LogP contribution in [0.4, 0.5) is 13.2 Å². The Balaban J connectivity index is 2.81. The van der Waals surface area contributed by atoms with E-state index in [2.05, 4.69) is 5.32 Å². The maximum Gasteiger partial charge on any atom is 0.404 e. The molecule has 0 aromatic heterocycles. The standard InChI is InChI=1S/C11H19F3N2O/c1-3-4-7-16(2)9(17)10(11(12,13)14)5-6-15-8-10/h15H,3-8H2,1-2H3. The van der Waals surface area contributed by atoms with Crippen molar-refractivity contribution in [3.8, 4) is 0 Å². The zero-order chi connectivity index (χ0) is 13.1. The van der Waals surface area contributed by atoms with Crippen LogP contribution >= 0.6 is 0 Å². The highest BCUT2D eigenvalue weighted by Gasteiger charge is 2.62. The zero-order valence-electron chi connectivity index (χ0n) is 10.2. The number of nitrogens with zero attached hydrogens (tertiary/aromatic N) is 1. The molecular formula is C11H19F3N2O. The number of nitrogens with one attached hydrogen (secondary N) is 1. The summed E-state index contributed by atoms with van der Waals surface area (Å²) in [5.41, 5.74) is -2.21. The second-order valence-electron chi connectivity index (χ2n) is 4.59. The van der Waals surface area contributed by atoms with E-state index < -0.39 is 17.5 Å². The molecule has 0 aliphatic carbocycles. The fourth-order valence-electron chi connectivity index (χ4n) is 2.10. The predicted molar refractivity (Wildman–Crippen MR) is 58.5 cm³/mol. The van der Waals surface area contributed by atoms with Gasteiger partial charge in [0.15, 0.2) is 5.41 Å². The largest absolute Gasteiger partial charge is 0.404 e. The molecule has 1 aliphatic rings. The van der Waals surface area contributed by atoms with Crippen molar-refractivity contribution in [2.45, 2.75) is 32.4 Å². The molecule has 0 saturated carbocycles. The van der Waals surface area contributed by atoms with Gasteiger partial charge in [-0.15, -0.1) is 0 Å². The van der Waals surface area contributed by atoms with Gasteiger partial charge in [-0.1, -0.05) is 13.3 Å². The lowest BCUT2D eigenvalue weighted by Crippen LogP contribution is -2.52. The van der Waals surface area contributed by atoms with Crippen molar-refractivity contribution in [3.05, 3.63) is 0 Å². The molecule has 0 spiro atoms. The third-order valence-corrected chi connectivity index (χ3v) is 3.30. The molecule has 1 saturated heterocycles. The lowest BCUT2D eigenvalue weighted by atomic mass is 9.84. The molecule has 1 fully saturated rings. The number of carbonyl (C=O) groups excluding carboxylic acids is 1. The molecule has 3 nitrogen and oxygen atoms in total. The van der Waals surface area contributed by atoms with Crippen molar-refractivity contribution in [2.24, 2.45) is 5.41 Å². The van der Waals surface area contributed by atoms with Gasteiger partial charge >= 0.3 is 6.18 Å². The van der Waals surface area contributed by atoms with Crippen molar-refractivity contribution < 1.29 is 18.0 Å². The van der Waals surface area contributed by atoms with Crippen molar-refractivity contribution in [2.75, 3.05) is 26.7 Å². The van der Waals surface area contributed by atoms with Gasteiger partial charge in [0.2, 0.25) is 5.91 Å². The monoisotopic (exact) mass is 252 g/mol. The average Bonchev–Trinajstić information content (AvgIpc) is 2.74. The molecule has 0 bridgehead atoms. The summed E-state index contributed by atoms with van der Waals surface area (Å²) < 4.78 is 39.2. The van der Waals surface area contributed by atoms with E-state index in [1.54, 1.807) is 0 Å². The molecule has 0 radical (unpaired) electrons. The van der Waals surface area contributed by atoms with Crippen LogP contribution in [0, 0.1) is 5.41 Å². The third-order valence-electron chi connectivity index (χ3n) is 3.30. The Labute approximate surface area is 99.4 Å². The smallest absolute Gasteiger partial charge is 0.345 e. The molecule has 17 heavy (non-hydrogen) atoms. The van der Waals surface area contributed by atoms with Gasteiger partial charge in [0.1, 0.15) is 0 Å². The second kappa shape index (κ2) is 5.25. The first kappa shape index (κ1) is 14.3. The highest BCUT2D eigenvalue weighted by molar-refractivity contribution is 5.84.